The molecule has 0 aliphatic carbocycles. The van der Waals surface area contributed by atoms with Crippen molar-refractivity contribution in [2.45, 2.75) is 13.3 Å². The fraction of sp³-hybridized carbons (Fsp3) is 0.200. The van der Waals surface area contributed by atoms with E-state index in [4.69, 9.17) is 0 Å². The molecule has 70 valence electrons. The minimum absolute atomic E-state index is 0.0979. The highest BCUT2D eigenvalue weighted by Gasteiger charge is 2.01. The Balaban J connectivity index is 2.46. The Labute approximate surface area is 81.0 Å². The Hall–Kier alpha value is -1.84. The molecule has 0 aliphatic heterocycles. The normalized spacial score (nSPS) is 10.4. The number of fused-ring (bicyclic) bond motifs is 1. The zero-order valence-electron chi connectivity index (χ0n) is 7.77. The van der Waals surface area contributed by atoms with E-state index in [1.54, 1.807) is 31.6 Å². The van der Waals surface area contributed by atoms with Crippen LogP contribution in [0.4, 0.5) is 0 Å². The van der Waals surface area contributed by atoms with E-state index in [1.807, 2.05) is 0 Å². The molecule has 0 N–H and O–H groups in total. The van der Waals surface area contributed by atoms with Gasteiger partial charge in [0.05, 0.1) is 11.7 Å². The van der Waals surface area contributed by atoms with Gasteiger partial charge in [-0.05, 0) is 13.0 Å². The second-order valence-electron chi connectivity index (χ2n) is 3.10. The molecule has 2 aromatic heterocycles. The first-order chi connectivity index (χ1) is 6.75. The van der Waals surface area contributed by atoms with Gasteiger partial charge in [-0.15, -0.1) is 0 Å². The first kappa shape index (κ1) is 8.74. The van der Waals surface area contributed by atoms with E-state index in [9.17, 15) is 4.79 Å². The van der Waals surface area contributed by atoms with Crippen molar-refractivity contribution in [1.82, 2.24) is 15.0 Å². The van der Waals surface area contributed by atoms with E-state index in [0.29, 0.717) is 6.42 Å². The number of pyridine rings is 1. The number of carbonyl (C=O) groups excluding carboxylic acids is 1. The van der Waals surface area contributed by atoms with Crippen LogP contribution in [0.2, 0.25) is 0 Å². The van der Waals surface area contributed by atoms with Crippen LogP contribution >= 0.6 is 0 Å². The topological polar surface area (TPSA) is 55.7 Å². The number of Topliss-reactive ketones (excluding diaryl/α,β-unsaturated/α-hetero) is 1. The minimum atomic E-state index is 0.0979. The van der Waals surface area contributed by atoms with Crippen LogP contribution in [-0.4, -0.2) is 20.7 Å². The lowest BCUT2D eigenvalue weighted by atomic mass is 10.2. The molecule has 4 heteroatoms. The second-order valence-corrected chi connectivity index (χ2v) is 3.10. The molecule has 14 heavy (non-hydrogen) atoms. The van der Waals surface area contributed by atoms with Gasteiger partial charge in [-0.2, -0.15) is 0 Å². The summed E-state index contributed by atoms with van der Waals surface area (Å²) in [5, 5.41) is 0. The Morgan fingerprint density at radius 1 is 1.21 bits per heavy atom. The lowest BCUT2D eigenvalue weighted by molar-refractivity contribution is -0.116. The van der Waals surface area contributed by atoms with Crippen molar-refractivity contribution in [3.8, 4) is 0 Å². The van der Waals surface area contributed by atoms with E-state index in [1.165, 1.54) is 0 Å². The Morgan fingerprint density at radius 3 is 2.64 bits per heavy atom. The van der Waals surface area contributed by atoms with Crippen molar-refractivity contribution < 1.29 is 4.79 Å². The smallest absolute Gasteiger partial charge is 0.135 e. The van der Waals surface area contributed by atoms with Crippen molar-refractivity contribution in [2.24, 2.45) is 0 Å². The Kier molecular flexibility index (Phi) is 2.18. The first-order valence-corrected chi connectivity index (χ1v) is 4.31. The number of carbonyl (C=O) groups is 1. The molecule has 0 unspecified atom stereocenters. The van der Waals surface area contributed by atoms with E-state index in [2.05, 4.69) is 15.0 Å². The van der Waals surface area contributed by atoms with Crippen molar-refractivity contribution in [3.05, 3.63) is 30.4 Å². The molecule has 0 aromatic carbocycles. The summed E-state index contributed by atoms with van der Waals surface area (Å²) >= 11 is 0. The molecule has 2 rings (SSSR count). The highest BCUT2D eigenvalue weighted by Crippen LogP contribution is 2.08. The quantitative estimate of drug-likeness (QED) is 0.707. The number of rotatable bonds is 2. The molecule has 0 spiro atoms. The monoisotopic (exact) mass is 187 g/mol. The molecule has 0 fully saturated rings. The fourth-order valence-electron chi connectivity index (χ4n) is 1.26. The number of nitrogens with zero attached hydrogens (tertiary/aromatic N) is 3. The van der Waals surface area contributed by atoms with E-state index < -0.39 is 0 Å². The van der Waals surface area contributed by atoms with Gasteiger partial charge in [-0.25, -0.2) is 0 Å². The van der Waals surface area contributed by atoms with Gasteiger partial charge in [0.25, 0.3) is 0 Å². The van der Waals surface area contributed by atoms with E-state index in [0.717, 1.165) is 16.7 Å². The summed E-state index contributed by atoms with van der Waals surface area (Å²) < 4.78 is 0. The van der Waals surface area contributed by atoms with E-state index >= 15 is 0 Å². The van der Waals surface area contributed by atoms with Gasteiger partial charge in [-0.3, -0.25) is 19.7 Å². The summed E-state index contributed by atoms with van der Waals surface area (Å²) in [5.74, 6) is 0.0979. The van der Waals surface area contributed by atoms with Gasteiger partial charge in [0, 0.05) is 24.5 Å². The van der Waals surface area contributed by atoms with Crippen LogP contribution < -0.4 is 0 Å². The van der Waals surface area contributed by atoms with Crippen LogP contribution in [0.25, 0.3) is 11.0 Å². The SMILES string of the molecule is CC(=O)Cc1cc2nccnc2cn1. The van der Waals surface area contributed by atoms with Gasteiger partial charge in [0.2, 0.25) is 0 Å². The molecule has 0 saturated carbocycles. The van der Waals surface area contributed by atoms with Crippen LogP contribution in [0.3, 0.4) is 0 Å². The van der Waals surface area contributed by atoms with Gasteiger partial charge < -0.3 is 0 Å². The molecule has 0 atom stereocenters. The molecular formula is C10H9N3O. The molecule has 0 aliphatic rings. The number of hydrogen-bond acceptors (Lipinski definition) is 4. The highest BCUT2D eigenvalue weighted by molar-refractivity contribution is 5.79. The second kappa shape index (κ2) is 3.49. The third kappa shape index (κ3) is 1.74. The lowest BCUT2D eigenvalue weighted by Crippen LogP contribution is -1.99. The molecule has 0 bridgehead atoms. The predicted molar refractivity (Wildman–Crippen MR) is 51.7 cm³/mol. The van der Waals surface area contributed by atoms with Crippen LogP contribution in [-0.2, 0) is 11.2 Å². The van der Waals surface area contributed by atoms with Crippen molar-refractivity contribution in [1.29, 1.82) is 0 Å². The maximum Gasteiger partial charge on any atom is 0.135 e. The lowest BCUT2D eigenvalue weighted by Gasteiger charge is -1.98. The third-order valence-corrected chi connectivity index (χ3v) is 1.84. The molecule has 0 saturated heterocycles. The average Bonchev–Trinajstić information content (AvgIpc) is 2.17. The predicted octanol–water partition coefficient (Wildman–Crippen LogP) is 1.16. The number of ketones is 1. The minimum Gasteiger partial charge on any atom is -0.300 e. The van der Waals surface area contributed by atoms with Crippen LogP contribution in [0, 0.1) is 0 Å². The summed E-state index contributed by atoms with van der Waals surface area (Å²) in [4.78, 5) is 23.2. The largest absolute Gasteiger partial charge is 0.300 e. The summed E-state index contributed by atoms with van der Waals surface area (Å²) in [6.07, 6.45) is 5.24. The van der Waals surface area contributed by atoms with Crippen LogP contribution in [0.1, 0.15) is 12.6 Å². The van der Waals surface area contributed by atoms with Gasteiger partial charge in [0.1, 0.15) is 11.3 Å². The van der Waals surface area contributed by atoms with E-state index in [-0.39, 0.29) is 5.78 Å². The van der Waals surface area contributed by atoms with Gasteiger partial charge in [0.15, 0.2) is 0 Å². The van der Waals surface area contributed by atoms with Crippen LogP contribution in [0.15, 0.2) is 24.7 Å². The van der Waals surface area contributed by atoms with Gasteiger partial charge in [-0.1, -0.05) is 0 Å². The van der Waals surface area contributed by atoms with Crippen LogP contribution in [0.5, 0.6) is 0 Å². The average molecular weight is 187 g/mol. The standard InChI is InChI=1S/C10H9N3O/c1-7(14)4-8-5-9-10(6-13-8)12-3-2-11-9/h2-3,5-6H,4H2,1H3. The summed E-state index contributed by atoms with van der Waals surface area (Å²) in [7, 11) is 0. The van der Waals surface area contributed by atoms with Crippen molar-refractivity contribution >= 4 is 16.8 Å². The number of aromatic nitrogens is 3. The molecule has 0 radical (unpaired) electrons. The molecular weight excluding hydrogens is 178 g/mol. The van der Waals surface area contributed by atoms with Gasteiger partial charge >= 0.3 is 0 Å². The molecule has 2 heterocycles. The molecule has 2 aromatic rings. The maximum atomic E-state index is 10.9. The first-order valence-electron chi connectivity index (χ1n) is 4.31. The fourth-order valence-corrected chi connectivity index (χ4v) is 1.26. The highest BCUT2D eigenvalue weighted by atomic mass is 16.1. The molecule has 4 nitrogen and oxygen atoms in total. The maximum absolute atomic E-state index is 10.9. The summed E-state index contributed by atoms with van der Waals surface area (Å²) in [5.41, 5.74) is 2.27. The van der Waals surface area contributed by atoms with Crippen molar-refractivity contribution in [2.75, 3.05) is 0 Å². The third-order valence-electron chi connectivity index (χ3n) is 1.84. The summed E-state index contributed by atoms with van der Waals surface area (Å²) in [6, 6.07) is 1.80. The zero-order valence-corrected chi connectivity index (χ0v) is 7.77. The number of hydrogen-bond donors (Lipinski definition) is 0. The summed E-state index contributed by atoms with van der Waals surface area (Å²) in [6.45, 7) is 1.54. The Morgan fingerprint density at radius 2 is 1.93 bits per heavy atom. The van der Waals surface area contributed by atoms with Crippen molar-refractivity contribution in [3.63, 3.8) is 0 Å². The Bertz CT molecular complexity index is 482. The molecule has 0 amide bonds. The zero-order chi connectivity index (χ0) is 9.97.